The number of unbranched alkanes of at least 4 members (excludes halogenated alkanes) is 1. The minimum absolute atomic E-state index is 0.00599. The van der Waals surface area contributed by atoms with E-state index < -0.39 is 143 Å². The fourth-order valence-electron chi connectivity index (χ4n) is 10.2. The molecule has 0 spiro atoms. The van der Waals surface area contributed by atoms with Crippen LogP contribution in [0.25, 0.3) is 0 Å². The van der Waals surface area contributed by atoms with Crippen LogP contribution in [0.2, 0.25) is 0 Å². The highest BCUT2D eigenvalue weighted by molar-refractivity contribution is 5.99. The van der Waals surface area contributed by atoms with Crippen molar-refractivity contribution in [3.63, 3.8) is 0 Å². The van der Waals surface area contributed by atoms with Crippen LogP contribution in [0, 0.1) is 35.5 Å². The number of Topliss-reactive ketones (excluding diaryl/α,β-unsaturated/α-hetero) is 3. The molecule has 1 aliphatic heterocycles. The number of carbonyl (C=O) groups is 12. The van der Waals surface area contributed by atoms with E-state index in [1.807, 2.05) is 6.92 Å². The fourth-order valence-corrected chi connectivity index (χ4v) is 10.2. The standard InChI is InChI=1S/C57H103N19O12/c1-7-34(14-10-24-68-55(62)63)54(88)76-27-13-18-40(76)53(87)73-39(20-22-45(60)81)52(86)72-38(17-12-26-70-57(66)67)42(78)29-36(19-21-44(59)80)50(84)71-37(16-8-9-23-58)41(77)28-33(6)49(83)74-46(31(2)3)43(79)30-35(15-11-25-69-56(64)65)51(85)75-47(32(4)5)48(61)82/h31-40,46-47H,7-30,58H2,1-6H3,(H2,59,80)(H2,60,81)(H2,61,82)(H,71,84)(H,72,86)(H,73,87)(H,74,83)(H,75,85)(H4,62,63,68)(H4,64,65,69)(H4,66,67,70)/t33-,34+,35-,36-,37+,38+,39+,40+,46+,47+/m1/s1. The zero-order chi connectivity index (χ0) is 66.8. The van der Waals surface area contributed by atoms with E-state index in [9.17, 15) is 57.5 Å². The number of nitrogens with zero attached hydrogens (tertiary/aromatic N) is 4. The molecule has 1 heterocycles. The lowest BCUT2D eigenvalue weighted by molar-refractivity contribution is -0.142. The lowest BCUT2D eigenvalue weighted by atomic mass is 9.88. The number of hydrogen-bond acceptors (Lipinski definition) is 16. The average Bonchev–Trinajstić information content (AvgIpc) is 3.94. The molecule has 31 heteroatoms. The first kappa shape index (κ1) is 78.0. The zero-order valence-corrected chi connectivity index (χ0v) is 52.4. The highest BCUT2D eigenvalue weighted by atomic mass is 16.2. The summed E-state index contributed by atoms with van der Waals surface area (Å²) >= 11 is 0. The molecule has 0 radical (unpaired) electrons. The molecule has 31 nitrogen and oxygen atoms in total. The number of rotatable bonds is 46. The van der Waals surface area contributed by atoms with Gasteiger partial charge in [0, 0.05) is 82.0 Å². The van der Waals surface area contributed by atoms with E-state index in [4.69, 9.17) is 57.3 Å². The molecule has 0 aromatic carbocycles. The van der Waals surface area contributed by atoms with Crippen molar-refractivity contribution in [1.29, 1.82) is 0 Å². The van der Waals surface area contributed by atoms with Gasteiger partial charge in [-0.3, -0.25) is 72.5 Å². The van der Waals surface area contributed by atoms with Gasteiger partial charge in [0.1, 0.15) is 18.1 Å². The molecule has 0 saturated carbocycles. The van der Waals surface area contributed by atoms with Gasteiger partial charge in [-0.2, -0.15) is 0 Å². The van der Waals surface area contributed by atoms with Crippen molar-refractivity contribution in [3.05, 3.63) is 0 Å². The number of amides is 9. The van der Waals surface area contributed by atoms with Crippen LogP contribution in [-0.4, -0.2) is 162 Å². The average molecular weight is 1250 g/mol. The Labute approximate surface area is 516 Å². The van der Waals surface area contributed by atoms with Crippen LogP contribution >= 0.6 is 0 Å². The predicted molar refractivity (Wildman–Crippen MR) is 332 cm³/mol. The van der Waals surface area contributed by atoms with Crippen LogP contribution in [0.3, 0.4) is 0 Å². The second-order valence-corrected chi connectivity index (χ2v) is 23.3. The van der Waals surface area contributed by atoms with Gasteiger partial charge in [0.05, 0.1) is 18.1 Å². The molecule has 1 aliphatic rings. The molecule has 1 rings (SSSR count). The predicted octanol–water partition coefficient (Wildman–Crippen LogP) is -3.21. The maximum atomic E-state index is 14.5. The third kappa shape index (κ3) is 30.1. The molecule has 10 atom stereocenters. The van der Waals surface area contributed by atoms with Gasteiger partial charge in [0.25, 0.3) is 0 Å². The van der Waals surface area contributed by atoms with Crippen molar-refractivity contribution in [1.82, 2.24) is 31.5 Å². The zero-order valence-electron chi connectivity index (χ0n) is 52.4. The van der Waals surface area contributed by atoms with Crippen LogP contribution < -0.4 is 83.9 Å². The van der Waals surface area contributed by atoms with E-state index in [2.05, 4.69) is 41.6 Å². The highest BCUT2D eigenvalue weighted by Crippen LogP contribution is 2.25. The quantitative estimate of drug-likeness (QED) is 0.0162. The molecular formula is C57H103N19O12. The lowest BCUT2D eigenvalue weighted by Crippen LogP contribution is -2.56. The minimum Gasteiger partial charge on any atom is -0.370 e. The molecular weight excluding hydrogens is 1140 g/mol. The Morgan fingerprint density at radius 3 is 1.43 bits per heavy atom. The first-order valence-electron chi connectivity index (χ1n) is 30.5. The minimum atomic E-state index is -1.44. The summed E-state index contributed by atoms with van der Waals surface area (Å²) in [6, 6.07) is -7.19. The normalized spacial score (nSPS) is 16.0. The number of primary amides is 3. The Balaban J connectivity index is 3.52. The van der Waals surface area contributed by atoms with E-state index in [-0.39, 0.29) is 127 Å². The molecule has 25 N–H and O–H groups in total. The topological polar surface area (TPSA) is 566 Å². The van der Waals surface area contributed by atoms with Gasteiger partial charge in [0.15, 0.2) is 35.2 Å². The number of hydrogen-bond donors (Lipinski definition) is 15. The van der Waals surface area contributed by atoms with Crippen LogP contribution in [0.15, 0.2) is 15.0 Å². The fraction of sp³-hybridized carbons (Fsp3) is 0.737. The number of ketones is 3. The van der Waals surface area contributed by atoms with Gasteiger partial charge >= 0.3 is 0 Å². The van der Waals surface area contributed by atoms with Gasteiger partial charge < -0.3 is 88.8 Å². The largest absolute Gasteiger partial charge is 0.370 e. The molecule has 0 aromatic rings. The number of guanidine groups is 3. The van der Waals surface area contributed by atoms with Gasteiger partial charge in [0.2, 0.25) is 53.2 Å². The summed E-state index contributed by atoms with van der Waals surface area (Å²) in [7, 11) is 0. The summed E-state index contributed by atoms with van der Waals surface area (Å²) in [4.78, 5) is 177. The first-order valence-corrected chi connectivity index (χ1v) is 30.5. The molecule has 1 saturated heterocycles. The molecule has 0 aromatic heterocycles. The number of nitrogens with one attached hydrogen (secondary N) is 5. The molecule has 88 heavy (non-hydrogen) atoms. The Kier molecular flexibility index (Phi) is 36.5. The lowest BCUT2D eigenvalue weighted by Gasteiger charge is -2.30. The number of likely N-dealkylation sites (tertiary alicyclic amines) is 1. The summed E-state index contributed by atoms with van der Waals surface area (Å²) in [5.41, 5.74) is 55.3. The number of aliphatic imine (C=N–C) groups is 3. The SMILES string of the molecule is CC[C@@H](CCCN=C(N)N)C(=O)N1CCC[C@H]1C(=O)N[C@@H](CCC(N)=O)C(=O)N[C@@H](CCCN=C(N)N)C(=O)C[C@@H](CCC(N)=O)C(=O)N[C@@H](CCCCN)C(=O)C[C@@H](C)C(=O)N[C@H](C(=O)C[C@@H](CCCN=C(N)N)C(=O)N[C@H](C(N)=O)C(C)C)C(C)C. The van der Waals surface area contributed by atoms with Crippen molar-refractivity contribution < 1.29 is 57.5 Å². The van der Waals surface area contributed by atoms with E-state index in [0.29, 0.717) is 45.1 Å². The van der Waals surface area contributed by atoms with Crippen molar-refractivity contribution in [2.24, 2.45) is 108 Å². The summed E-state index contributed by atoms with van der Waals surface area (Å²) in [6.45, 7) is 11.0. The summed E-state index contributed by atoms with van der Waals surface area (Å²) < 4.78 is 0. The monoisotopic (exact) mass is 1250 g/mol. The number of nitrogens with two attached hydrogens (primary N) is 10. The number of carbonyl (C=O) groups excluding carboxylic acids is 12. The Hall–Kier alpha value is -7.99. The van der Waals surface area contributed by atoms with Crippen molar-refractivity contribution in [2.45, 2.75) is 200 Å². The molecule has 9 amide bonds. The van der Waals surface area contributed by atoms with Crippen molar-refractivity contribution in [3.8, 4) is 0 Å². The van der Waals surface area contributed by atoms with Gasteiger partial charge in [-0.05, 0) is 108 Å². The highest BCUT2D eigenvalue weighted by Gasteiger charge is 2.40. The van der Waals surface area contributed by atoms with Crippen molar-refractivity contribution >= 4 is 88.4 Å². The van der Waals surface area contributed by atoms with Crippen molar-refractivity contribution in [2.75, 3.05) is 32.7 Å². The Morgan fingerprint density at radius 1 is 0.477 bits per heavy atom. The molecule has 498 valence electrons. The molecule has 0 aliphatic carbocycles. The van der Waals surface area contributed by atoms with Gasteiger partial charge in [-0.25, -0.2) is 0 Å². The molecule has 0 unspecified atom stereocenters. The summed E-state index contributed by atoms with van der Waals surface area (Å²) in [5.74, 6) is -13.3. The summed E-state index contributed by atoms with van der Waals surface area (Å²) in [6.07, 6.45) is 0.749. The third-order valence-corrected chi connectivity index (χ3v) is 15.2. The molecule has 1 fully saturated rings. The van der Waals surface area contributed by atoms with Crippen LogP contribution in [0.5, 0.6) is 0 Å². The third-order valence-electron chi connectivity index (χ3n) is 15.2. The maximum absolute atomic E-state index is 14.5. The van der Waals surface area contributed by atoms with E-state index in [1.165, 1.54) is 11.8 Å². The first-order chi connectivity index (χ1) is 41.3. The van der Waals surface area contributed by atoms with Crippen LogP contribution in [0.4, 0.5) is 0 Å². The van der Waals surface area contributed by atoms with Crippen LogP contribution in [0.1, 0.15) is 164 Å². The van der Waals surface area contributed by atoms with Gasteiger partial charge in [-0.15, -0.1) is 0 Å². The smallest absolute Gasteiger partial charge is 0.243 e. The Morgan fingerprint density at radius 2 is 0.932 bits per heavy atom. The second kappa shape index (κ2) is 41.2. The second-order valence-electron chi connectivity index (χ2n) is 23.3. The van der Waals surface area contributed by atoms with Crippen LogP contribution in [-0.2, 0) is 57.5 Å². The molecule has 0 bridgehead atoms. The van der Waals surface area contributed by atoms with E-state index >= 15 is 0 Å². The maximum Gasteiger partial charge on any atom is 0.243 e. The van der Waals surface area contributed by atoms with E-state index in [0.717, 1.165) is 0 Å². The summed E-state index contributed by atoms with van der Waals surface area (Å²) in [5, 5.41) is 13.4. The Bertz CT molecular complexity index is 2440. The van der Waals surface area contributed by atoms with E-state index in [1.54, 1.807) is 27.7 Å². The van der Waals surface area contributed by atoms with Gasteiger partial charge in [-0.1, -0.05) is 41.5 Å².